The van der Waals surface area contributed by atoms with Crippen LogP contribution in [0.3, 0.4) is 0 Å². The van der Waals surface area contributed by atoms with Crippen LogP contribution in [0.5, 0.6) is 0 Å². The second-order valence-electron chi connectivity index (χ2n) is 5.50. The fourth-order valence-electron chi connectivity index (χ4n) is 1.37. The van der Waals surface area contributed by atoms with Gasteiger partial charge in [0.15, 0.2) is 0 Å². The molecule has 5 nitrogen and oxygen atoms in total. The second-order valence-corrected chi connectivity index (χ2v) is 5.50. The molecule has 0 aliphatic heterocycles. The Kier molecular flexibility index (Phi) is 5.45. The Hall–Kier alpha value is -1.26. The molecule has 0 aromatic carbocycles. The van der Waals surface area contributed by atoms with Crippen LogP contribution in [0.25, 0.3) is 0 Å². The van der Waals surface area contributed by atoms with Gasteiger partial charge in [-0.25, -0.2) is 4.79 Å². The van der Waals surface area contributed by atoms with Gasteiger partial charge in [0.2, 0.25) is 0 Å². The number of urea groups is 1. The Morgan fingerprint density at radius 3 is 2.06 bits per heavy atom. The zero-order valence-corrected chi connectivity index (χ0v) is 11.6. The first kappa shape index (κ1) is 15.7. The van der Waals surface area contributed by atoms with Crippen LogP contribution in [-0.2, 0) is 4.79 Å². The average Bonchev–Trinajstić information content (AvgIpc) is 2.21. The van der Waals surface area contributed by atoms with Crippen LogP contribution < -0.4 is 0 Å². The van der Waals surface area contributed by atoms with Crippen molar-refractivity contribution in [3.63, 3.8) is 0 Å². The standard InChI is InChI=1S/C12H24N2O3/c1-9(12(2,3)4)14(6)11(17)13(5)8-7-10(15)16/h9H,7-8H2,1-6H3,(H,15,16). The van der Waals surface area contributed by atoms with Crippen molar-refractivity contribution in [3.05, 3.63) is 0 Å². The summed E-state index contributed by atoms with van der Waals surface area (Å²) in [7, 11) is 3.37. The summed E-state index contributed by atoms with van der Waals surface area (Å²) in [6, 6.07) is -0.0593. The first-order chi connectivity index (χ1) is 7.57. The third-order valence-corrected chi connectivity index (χ3v) is 3.12. The molecule has 1 N–H and O–H groups in total. The third-order valence-electron chi connectivity index (χ3n) is 3.12. The molecule has 0 rings (SSSR count). The van der Waals surface area contributed by atoms with Crippen molar-refractivity contribution < 1.29 is 14.7 Å². The molecule has 1 unspecified atom stereocenters. The number of hydrogen-bond acceptors (Lipinski definition) is 2. The zero-order chi connectivity index (χ0) is 13.8. The summed E-state index contributed by atoms with van der Waals surface area (Å²) >= 11 is 0. The molecule has 100 valence electrons. The lowest BCUT2D eigenvalue weighted by molar-refractivity contribution is -0.137. The third kappa shape index (κ3) is 5.06. The van der Waals surface area contributed by atoms with Crippen LogP contribution >= 0.6 is 0 Å². The summed E-state index contributed by atoms with van der Waals surface area (Å²) < 4.78 is 0. The molecule has 2 amide bonds. The molecule has 0 aliphatic rings. The molecular formula is C12H24N2O3. The summed E-state index contributed by atoms with van der Waals surface area (Å²) in [4.78, 5) is 25.5. The van der Waals surface area contributed by atoms with Crippen LogP contribution in [0.15, 0.2) is 0 Å². The molecule has 0 radical (unpaired) electrons. The fraction of sp³-hybridized carbons (Fsp3) is 0.833. The van der Waals surface area contributed by atoms with E-state index < -0.39 is 5.97 Å². The molecule has 17 heavy (non-hydrogen) atoms. The van der Waals surface area contributed by atoms with E-state index >= 15 is 0 Å². The Bertz CT molecular complexity index is 284. The van der Waals surface area contributed by atoms with Crippen molar-refractivity contribution in [2.45, 2.75) is 40.2 Å². The minimum absolute atomic E-state index is 0.00194. The Morgan fingerprint density at radius 2 is 1.71 bits per heavy atom. The maximum atomic E-state index is 12.0. The molecule has 0 aromatic rings. The van der Waals surface area contributed by atoms with E-state index in [2.05, 4.69) is 20.8 Å². The highest BCUT2D eigenvalue weighted by atomic mass is 16.4. The van der Waals surface area contributed by atoms with E-state index in [4.69, 9.17) is 5.11 Å². The van der Waals surface area contributed by atoms with Crippen molar-refractivity contribution >= 4 is 12.0 Å². The molecular weight excluding hydrogens is 220 g/mol. The smallest absolute Gasteiger partial charge is 0.319 e. The van der Waals surface area contributed by atoms with Gasteiger partial charge in [0.1, 0.15) is 0 Å². The van der Waals surface area contributed by atoms with E-state index in [1.165, 1.54) is 4.90 Å². The van der Waals surface area contributed by atoms with Crippen LogP contribution in [0.2, 0.25) is 0 Å². The molecule has 1 atom stereocenters. The maximum Gasteiger partial charge on any atom is 0.319 e. The number of hydrogen-bond donors (Lipinski definition) is 1. The van der Waals surface area contributed by atoms with Crippen LogP contribution in [0.4, 0.5) is 4.79 Å². The van der Waals surface area contributed by atoms with Gasteiger partial charge in [0, 0.05) is 26.7 Å². The van der Waals surface area contributed by atoms with Crippen molar-refractivity contribution in [2.24, 2.45) is 5.41 Å². The van der Waals surface area contributed by atoms with Crippen molar-refractivity contribution in [3.8, 4) is 0 Å². The van der Waals surface area contributed by atoms with E-state index in [0.29, 0.717) is 0 Å². The molecule has 0 heterocycles. The molecule has 0 spiro atoms. The van der Waals surface area contributed by atoms with Gasteiger partial charge in [0.25, 0.3) is 0 Å². The van der Waals surface area contributed by atoms with Crippen LogP contribution in [0.1, 0.15) is 34.1 Å². The number of carbonyl (C=O) groups is 2. The van der Waals surface area contributed by atoms with Gasteiger partial charge < -0.3 is 14.9 Å². The topological polar surface area (TPSA) is 60.9 Å². The number of carboxylic acids is 1. The van der Waals surface area contributed by atoms with Gasteiger partial charge in [-0.1, -0.05) is 20.8 Å². The summed E-state index contributed by atoms with van der Waals surface area (Å²) in [5.41, 5.74) is -0.00194. The highest BCUT2D eigenvalue weighted by Gasteiger charge is 2.28. The minimum atomic E-state index is -0.892. The summed E-state index contributed by atoms with van der Waals surface area (Å²) in [5, 5.41) is 8.57. The van der Waals surface area contributed by atoms with E-state index in [0.717, 1.165) is 0 Å². The SMILES string of the molecule is CC(N(C)C(=O)N(C)CCC(=O)O)C(C)(C)C. The number of rotatable bonds is 4. The van der Waals surface area contributed by atoms with Gasteiger partial charge in [-0.3, -0.25) is 4.79 Å². The van der Waals surface area contributed by atoms with E-state index in [1.807, 2.05) is 6.92 Å². The zero-order valence-electron chi connectivity index (χ0n) is 11.6. The highest BCUT2D eigenvalue weighted by molar-refractivity contribution is 5.75. The Balaban J connectivity index is 4.44. The van der Waals surface area contributed by atoms with Crippen molar-refractivity contribution in [2.75, 3.05) is 20.6 Å². The first-order valence-electron chi connectivity index (χ1n) is 5.77. The second kappa shape index (κ2) is 5.89. The molecule has 0 aromatic heterocycles. The molecule has 0 fully saturated rings. The van der Waals surface area contributed by atoms with Crippen molar-refractivity contribution in [1.29, 1.82) is 0 Å². The largest absolute Gasteiger partial charge is 0.481 e. The predicted octanol–water partition coefficient (Wildman–Crippen LogP) is 1.88. The Morgan fingerprint density at radius 1 is 1.24 bits per heavy atom. The maximum absolute atomic E-state index is 12.0. The first-order valence-corrected chi connectivity index (χ1v) is 5.77. The number of aliphatic carboxylic acids is 1. The molecule has 5 heteroatoms. The Labute approximate surface area is 103 Å². The lowest BCUT2D eigenvalue weighted by Gasteiger charge is -2.37. The molecule has 0 aliphatic carbocycles. The fourth-order valence-corrected chi connectivity index (χ4v) is 1.37. The lowest BCUT2D eigenvalue weighted by atomic mass is 9.87. The van der Waals surface area contributed by atoms with Crippen LogP contribution in [0, 0.1) is 5.41 Å². The molecule has 0 bridgehead atoms. The number of amides is 2. The van der Waals surface area contributed by atoms with Gasteiger partial charge in [-0.15, -0.1) is 0 Å². The van der Waals surface area contributed by atoms with E-state index in [-0.39, 0.29) is 30.5 Å². The lowest BCUT2D eigenvalue weighted by Crippen LogP contribution is -2.48. The number of carbonyl (C=O) groups excluding carboxylic acids is 1. The van der Waals surface area contributed by atoms with E-state index in [9.17, 15) is 9.59 Å². The van der Waals surface area contributed by atoms with Gasteiger partial charge >= 0.3 is 12.0 Å². The summed E-state index contributed by atoms with van der Waals surface area (Å²) in [6.45, 7) is 8.42. The average molecular weight is 244 g/mol. The number of carboxylic acid groups (broad SMARTS) is 1. The predicted molar refractivity (Wildman–Crippen MR) is 67.0 cm³/mol. The highest BCUT2D eigenvalue weighted by Crippen LogP contribution is 2.23. The summed E-state index contributed by atoms with van der Waals surface area (Å²) in [6.07, 6.45) is -0.0278. The van der Waals surface area contributed by atoms with Gasteiger partial charge in [0.05, 0.1) is 6.42 Å². The quantitative estimate of drug-likeness (QED) is 0.821. The normalized spacial score (nSPS) is 13.1. The molecule has 0 saturated carbocycles. The van der Waals surface area contributed by atoms with E-state index in [1.54, 1.807) is 19.0 Å². The molecule has 0 saturated heterocycles. The summed E-state index contributed by atoms with van der Waals surface area (Å²) in [5.74, 6) is -0.892. The monoisotopic (exact) mass is 244 g/mol. The van der Waals surface area contributed by atoms with Gasteiger partial charge in [-0.2, -0.15) is 0 Å². The minimum Gasteiger partial charge on any atom is -0.481 e. The van der Waals surface area contributed by atoms with Crippen molar-refractivity contribution in [1.82, 2.24) is 9.80 Å². The van der Waals surface area contributed by atoms with Crippen LogP contribution in [-0.4, -0.2) is 53.6 Å². The number of nitrogens with zero attached hydrogens (tertiary/aromatic N) is 2. The van der Waals surface area contributed by atoms with Gasteiger partial charge in [-0.05, 0) is 12.3 Å².